The van der Waals surface area contributed by atoms with Crippen LogP contribution < -0.4 is 11.1 Å². The van der Waals surface area contributed by atoms with Crippen molar-refractivity contribution in [1.29, 1.82) is 0 Å². The first kappa shape index (κ1) is 9.45. The Morgan fingerprint density at radius 1 is 1.40 bits per heavy atom. The molecule has 0 saturated heterocycles. The van der Waals surface area contributed by atoms with Crippen LogP contribution in [0.2, 0.25) is 0 Å². The largest absolute Gasteiger partial charge is 0.384 e. The maximum atomic E-state index is 5.63. The van der Waals surface area contributed by atoms with Crippen molar-refractivity contribution in [2.24, 2.45) is 0 Å². The van der Waals surface area contributed by atoms with E-state index >= 15 is 0 Å². The molecule has 0 amide bonds. The third-order valence-corrected chi connectivity index (χ3v) is 2.01. The van der Waals surface area contributed by atoms with Crippen LogP contribution in [0.15, 0.2) is 18.3 Å². The number of nitrogen functional groups attached to an aromatic ring is 1. The number of nitrogens with two attached hydrogens (primary N) is 1. The number of anilines is 2. The second kappa shape index (κ2) is 3.95. The van der Waals surface area contributed by atoms with E-state index in [0.29, 0.717) is 12.4 Å². The van der Waals surface area contributed by atoms with E-state index < -0.39 is 0 Å². The number of hydrogen-bond donors (Lipinski definition) is 3. The van der Waals surface area contributed by atoms with Crippen molar-refractivity contribution in [3.63, 3.8) is 0 Å². The molecule has 0 aromatic carbocycles. The van der Waals surface area contributed by atoms with Crippen LogP contribution in [0.5, 0.6) is 0 Å². The summed E-state index contributed by atoms with van der Waals surface area (Å²) in [6.07, 6.45) is 1.68. The molecule has 0 fully saturated rings. The quantitative estimate of drug-likeness (QED) is 0.684. The number of hydrogen-bond acceptors (Lipinski definition) is 5. The molecule has 2 rings (SSSR count). The van der Waals surface area contributed by atoms with Gasteiger partial charge in [-0.3, -0.25) is 5.10 Å². The van der Waals surface area contributed by atoms with Gasteiger partial charge in [0.05, 0.1) is 11.9 Å². The maximum Gasteiger partial charge on any atom is 0.148 e. The third-order valence-electron chi connectivity index (χ3n) is 2.01. The molecule has 0 aliphatic heterocycles. The Bertz CT molecular complexity index is 432. The SMILES string of the molecule is Cc1ccc(NCc2cn[nH]c2N)nn1. The Labute approximate surface area is 86.9 Å². The van der Waals surface area contributed by atoms with Crippen molar-refractivity contribution in [2.75, 3.05) is 11.1 Å². The van der Waals surface area contributed by atoms with Gasteiger partial charge in [-0.15, -0.1) is 5.10 Å². The summed E-state index contributed by atoms with van der Waals surface area (Å²) in [6.45, 7) is 2.48. The van der Waals surface area contributed by atoms with Crippen molar-refractivity contribution < 1.29 is 0 Å². The lowest BCUT2D eigenvalue weighted by atomic mass is 10.3. The van der Waals surface area contributed by atoms with E-state index in [1.54, 1.807) is 6.20 Å². The molecule has 78 valence electrons. The van der Waals surface area contributed by atoms with Crippen molar-refractivity contribution in [3.05, 3.63) is 29.6 Å². The molecule has 0 radical (unpaired) electrons. The van der Waals surface area contributed by atoms with Gasteiger partial charge < -0.3 is 11.1 Å². The van der Waals surface area contributed by atoms with Crippen LogP contribution >= 0.6 is 0 Å². The van der Waals surface area contributed by atoms with Crippen LogP contribution in [0.3, 0.4) is 0 Å². The van der Waals surface area contributed by atoms with E-state index in [2.05, 4.69) is 25.7 Å². The molecule has 0 bridgehead atoms. The highest BCUT2D eigenvalue weighted by atomic mass is 15.2. The molecule has 0 aliphatic carbocycles. The fourth-order valence-corrected chi connectivity index (χ4v) is 1.14. The van der Waals surface area contributed by atoms with E-state index in [1.165, 1.54) is 0 Å². The molecule has 0 aliphatic rings. The number of aryl methyl sites for hydroxylation is 1. The highest BCUT2D eigenvalue weighted by Gasteiger charge is 2.01. The van der Waals surface area contributed by atoms with Crippen molar-refractivity contribution >= 4 is 11.6 Å². The molecule has 4 N–H and O–H groups in total. The van der Waals surface area contributed by atoms with Crippen molar-refractivity contribution in [2.45, 2.75) is 13.5 Å². The van der Waals surface area contributed by atoms with E-state index in [-0.39, 0.29) is 0 Å². The van der Waals surface area contributed by atoms with Gasteiger partial charge in [0.25, 0.3) is 0 Å². The molecule has 0 atom stereocenters. The minimum atomic E-state index is 0.572. The fraction of sp³-hybridized carbons (Fsp3) is 0.222. The first-order valence-corrected chi connectivity index (χ1v) is 4.57. The smallest absolute Gasteiger partial charge is 0.148 e. The van der Waals surface area contributed by atoms with Gasteiger partial charge in [0.2, 0.25) is 0 Å². The van der Waals surface area contributed by atoms with Crippen LogP contribution in [-0.2, 0) is 6.54 Å². The van der Waals surface area contributed by atoms with Gasteiger partial charge in [-0.25, -0.2) is 0 Å². The van der Waals surface area contributed by atoms with Crippen LogP contribution in [0, 0.1) is 6.92 Å². The molecule has 2 aromatic heterocycles. The fourth-order valence-electron chi connectivity index (χ4n) is 1.14. The molecule has 6 heteroatoms. The summed E-state index contributed by atoms with van der Waals surface area (Å²) in [5.74, 6) is 1.30. The lowest BCUT2D eigenvalue weighted by Crippen LogP contribution is -2.03. The van der Waals surface area contributed by atoms with E-state index in [4.69, 9.17) is 5.73 Å². The van der Waals surface area contributed by atoms with Crippen LogP contribution in [0.1, 0.15) is 11.3 Å². The number of aromatic amines is 1. The van der Waals surface area contributed by atoms with Gasteiger partial charge >= 0.3 is 0 Å². The van der Waals surface area contributed by atoms with Gasteiger partial charge in [-0.1, -0.05) is 0 Å². The molecular formula is C9H12N6. The average molecular weight is 204 g/mol. The summed E-state index contributed by atoms with van der Waals surface area (Å²) in [5.41, 5.74) is 7.44. The Kier molecular flexibility index (Phi) is 2.49. The van der Waals surface area contributed by atoms with Crippen LogP contribution in [-0.4, -0.2) is 20.4 Å². The standard InChI is InChI=1S/C9H12N6/c1-6-2-3-8(14-13-6)11-4-7-5-12-15-9(7)10/h2-3,5H,4H2,1H3,(H,11,14)(H3,10,12,15). The Morgan fingerprint density at radius 3 is 2.87 bits per heavy atom. The van der Waals surface area contributed by atoms with Crippen molar-refractivity contribution in [1.82, 2.24) is 20.4 Å². The lowest BCUT2D eigenvalue weighted by molar-refractivity contribution is 0.964. The average Bonchev–Trinajstić information content (AvgIpc) is 2.63. The van der Waals surface area contributed by atoms with E-state index in [1.807, 2.05) is 19.1 Å². The second-order valence-electron chi connectivity index (χ2n) is 3.22. The highest BCUT2D eigenvalue weighted by Crippen LogP contribution is 2.09. The van der Waals surface area contributed by atoms with Crippen LogP contribution in [0.4, 0.5) is 11.6 Å². The molecule has 0 spiro atoms. The van der Waals surface area contributed by atoms with Crippen molar-refractivity contribution in [3.8, 4) is 0 Å². The maximum absolute atomic E-state index is 5.63. The molecule has 15 heavy (non-hydrogen) atoms. The molecule has 6 nitrogen and oxygen atoms in total. The van der Waals surface area contributed by atoms with Gasteiger partial charge in [-0.2, -0.15) is 10.2 Å². The second-order valence-corrected chi connectivity index (χ2v) is 3.22. The van der Waals surface area contributed by atoms with E-state index in [0.717, 1.165) is 17.1 Å². The molecule has 2 aromatic rings. The topological polar surface area (TPSA) is 92.5 Å². The number of nitrogens with one attached hydrogen (secondary N) is 2. The number of nitrogens with zero attached hydrogens (tertiary/aromatic N) is 3. The summed E-state index contributed by atoms with van der Waals surface area (Å²) in [6, 6.07) is 3.77. The molecule has 2 heterocycles. The monoisotopic (exact) mass is 204 g/mol. The summed E-state index contributed by atoms with van der Waals surface area (Å²) < 4.78 is 0. The molecule has 0 unspecified atom stereocenters. The van der Waals surface area contributed by atoms with Gasteiger partial charge in [0.1, 0.15) is 11.6 Å². The van der Waals surface area contributed by atoms with Gasteiger partial charge in [0.15, 0.2) is 0 Å². The zero-order chi connectivity index (χ0) is 10.7. The Hall–Kier alpha value is -2.11. The zero-order valence-corrected chi connectivity index (χ0v) is 8.36. The Balaban J connectivity index is 1.99. The highest BCUT2D eigenvalue weighted by molar-refractivity contribution is 5.41. The van der Waals surface area contributed by atoms with Crippen LogP contribution in [0.25, 0.3) is 0 Å². The van der Waals surface area contributed by atoms with E-state index in [9.17, 15) is 0 Å². The third kappa shape index (κ3) is 2.22. The summed E-state index contributed by atoms with van der Waals surface area (Å²) in [4.78, 5) is 0. The predicted octanol–water partition coefficient (Wildman–Crippen LogP) is 0.702. The first-order chi connectivity index (χ1) is 7.25. The zero-order valence-electron chi connectivity index (χ0n) is 8.36. The summed E-state index contributed by atoms with van der Waals surface area (Å²) in [7, 11) is 0. The predicted molar refractivity (Wildman–Crippen MR) is 57.1 cm³/mol. The molecular weight excluding hydrogens is 192 g/mol. The summed E-state index contributed by atoms with van der Waals surface area (Å²) >= 11 is 0. The normalized spacial score (nSPS) is 10.2. The first-order valence-electron chi connectivity index (χ1n) is 4.57. The number of aromatic nitrogens is 4. The van der Waals surface area contributed by atoms with Gasteiger partial charge in [-0.05, 0) is 19.1 Å². The minimum absolute atomic E-state index is 0.572. The minimum Gasteiger partial charge on any atom is -0.384 e. The number of rotatable bonds is 3. The molecule has 0 saturated carbocycles. The number of H-pyrrole nitrogens is 1. The summed E-state index contributed by atoms with van der Waals surface area (Å²) in [5, 5.41) is 17.5. The Morgan fingerprint density at radius 2 is 2.27 bits per heavy atom. The lowest BCUT2D eigenvalue weighted by Gasteiger charge is -2.03. The van der Waals surface area contributed by atoms with Gasteiger partial charge in [0, 0.05) is 12.1 Å².